The van der Waals surface area contributed by atoms with Crippen molar-refractivity contribution in [3.63, 3.8) is 0 Å². The second-order valence-electron chi connectivity index (χ2n) is 5.56. The molecular weight excluding hydrogens is 332 g/mol. The Morgan fingerprint density at radius 2 is 2.10 bits per heavy atom. The summed E-state index contributed by atoms with van der Waals surface area (Å²) in [6.07, 6.45) is 0.947. The molecule has 0 aliphatic rings. The Morgan fingerprint density at radius 3 is 2.67 bits per heavy atom. The number of rotatable bonds is 8. The lowest BCUT2D eigenvalue weighted by Gasteiger charge is -2.17. The van der Waals surface area contributed by atoms with Gasteiger partial charge in [0.1, 0.15) is 0 Å². The van der Waals surface area contributed by atoms with E-state index in [1.807, 2.05) is 26.0 Å². The Morgan fingerprint density at radius 1 is 1.38 bits per heavy atom. The molecule has 0 bridgehead atoms. The normalized spacial score (nSPS) is 11.0. The second-order valence-corrected chi connectivity index (χ2v) is 6.41. The SMILES string of the molecule is CCCOc1c(Br)cc(CNCC(C)(C)C#N)cc1OC. The van der Waals surface area contributed by atoms with Crippen molar-refractivity contribution in [1.82, 2.24) is 5.32 Å². The molecule has 4 nitrogen and oxygen atoms in total. The highest BCUT2D eigenvalue weighted by molar-refractivity contribution is 9.10. The summed E-state index contributed by atoms with van der Waals surface area (Å²) in [5.41, 5.74) is 0.710. The molecule has 0 atom stereocenters. The van der Waals surface area contributed by atoms with Crippen LogP contribution in [0.3, 0.4) is 0 Å². The third-order valence-electron chi connectivity index (χ3n) is 2.94. The van der Waals surface area contributed by atoms with Crippen LogP contribution in [0, 0.1) is 16.7 Å². The monoisotopic (exact) mass is 354 g/mol. The van der Waals surface area contributed by atoms with Crippen LogP contribution < -0.4 is 14.8 Å². The van der Waals surface area contributed by atoms with Crippen LogP contribution >= 0.6 is 15.9 Å². The maximum Gasteiger partial charge on any atom is 0.175 e. The quantitative estimate of drug-likeness (QED) is 0.769. The maximum absolute atomic E-state index is 9.00. The highest BCUT2D eigenvalue weighted by Gasteiger charge is 2.16. The zero-order valence-corrected chi connectivity index (χ0v) is 14.7. The molecule has 0 saturated carbocycles. The topological polar surface area (TPSA) is 54.3 Å². The number of methoxy groups -OCH3 is 1. The first-order valence-electron chi connectivity index (χ1n) is 7.04. The molecule has 1 aromatic carbocycles. The summed E-state index contributed by atoms with van der Waals surface area (Å²) in [4.78, 5) is 0. The Bertz CT molecular complexity index is 510. The Hall–Kier alpha value is -1.25. The molecule has 21 heavy (non-hydrogen) atoms. The molecule has 0 unspecified atom stereocenters. The third-order valence-corrected chi connectivity index (χ3v) is 3.53. The molecule has 0 heterocycles. The lowest BCUT2D eigenvalue weighted by atomic mass is 9.96. The van der Waals surface area contributed by atoms with Gasteiger partial charge in [-0.15, -0.1) is 0 Å². The minimum atomic E-state index is -0.370. The summed E-state index contributed by atoms with van der Waals surface area (Å²) in [7, 11) is 1.64. The first kappa shape index (κ1) is 17.8. The fraction of sp³-hybridized carbons (Fsp3) is 0.562. The number of benzene rings is 1. The van der Waals surface area contributed by atoms with Crippen molar-refractivity contribution in [2.75, 3.05) is 20.3 Å². The fourth-order valence-corrected chi connectivity index (χ4v) is 2.38. The predicted octanol–water partition coefficient (Wildman–Crippen LogP) is 3.89. The standard InChI is InChI=1S/C16H23BrN2O2/c1-5-6-21-15-13(17)7-12(8-14(15)20-4)9-19-11-16(2,3)10-18/h7-8,19H,5-6,9,11H2,1-4H3. The van der Waals surface area contributed by atoms with E-state index in [0.717, 1.165) is 22.2 Å². The molecule has 0 amide bonds. The first-order valence-corrected chi connectivity index (χ1v) is 7.84. The van der Waals surface area contributed by atoms with Gasteiger partial charge in [0.25, 0.3) is 0 Å². The number of halogens is 1. The smallest absolute Gasteiger partial charge is 0.175 e. The van der Waals surface area contributed by atoms with Gasteiger partial charge in [0.2, 0.25) is 0 Å². The van der Waals surface area contributed by atoms with E-state index in [9.17, 15) is 0 Å². The summed E-state index contributed by atoms with van der Waals surface area (Å²) in [5.74, 6) is 1.45. The number of nitrogens with one attached hydrogen (secondary N) is 1. The van der Waals surface area contributed by atoms with Gasteiger partial charge in [0, 0.05) is 13.1 Å². The molecule has 0 aliphatic heterocycles. The van der Waals surface area contributed by atoms with Crippen LogP contribution in [-0.2, 0) is 6.54 Å². The molecule has 0 fully saturated rings. The molecule has 0 radical (unpaired) electrons. The van der Waals surface area contributed by atoms with Gasteiger partial charge in [-0.25, -0.2) is 0 Å². The lowest BCUT2D eigenvalue weighted by Crippen LogP contribution is -2.27. The maximum atomic E-state index is 9.00. The van der Waals surface area contributed by atoms with Crippen molar-refractivity contribution in [2.24, 2.45) is 5.41 Å². The third kappa shape index (κ3) is 5.56. The summed E-state index contributed by atoms with van der Waals surface area (Å²) in [6.45, 7) is 7.86. The van der Waals surface area contributed by atoms with Gasteiger partial charge in [0.15, 0.2) is 11.5 Å². The molecule has 1 N–H and O–H groups in total. The Balaban J connectivity index is 2.77. The van der Waals surface area contributed by atoms with Crippen LogP contribution in [-0.4, -0.2) is 20.3 Å². The summed E-state index contributed by atoms with van der Waals surface area (Å²) in [5, 5.41) is 12.3. The predicted molar refractivity (Wildman–Crippen MR) is 87.6 cm³/mol. The highest BCUT2D eigenvalue weighted by atomic mass is 79.9. The molecule has 0 spiro atoms. The number of hydrogen-bond acceptors (Lipinski definition) is 4. The van der Waals surface area contributed by atoms with E-state index in [1.165, 1.54) is 0 Å². The van der Waals surface area contributed by atoms with E-state index in [4.69, 9.17) is 14.7 Å². The van der Waals surface area contributed by atoms with E-state index < -0.39 is 0 Å². The van der Waals surface area contributed by atoms with Crippen molar-refractivity contribution in [2.45, 2.75) is 33.7 Å². The number of nitriles is 1. The van der Waals surface area contributed by atoms with E-state index in [1.54, 1.807) is 7.11 Å². The van der Waals surface area contributed by atoms with Crippen molar-refractivity contribution in [3.8, 4) is 17.6 Å². The van der Waals surface area contributed by atoms with E-state index in [2.05, 4.69) is 34.2 Å². The molecular formula is C16H23BrN2O2. The second kappa shape index (κ2) is 8.26. The number of hydrogen-bond donors (Lipinski definition) is 1. The molecule has 0 saturated heterocycles. The molecule has 1 rings (SSSR count). The van der Waals surface area contributed by atoms with Gasteiger partial charge in [-0.3, -0.25) is 0 Å². The van der Waals surface area contributed by atoms with Gasteiger partial charge < -0.3 is 14.8 Å². The zero-order valence-electron chi connectivity index (χ0n) is 13.1. The largest absolute Gasteiger partial charge is 0.493 e. The van der Waals surface area contributed by atoms with Crippen LogP contribution in [0.2, 0.25) is 0 Å². The van der Waals surface area contributed by atoms with Crippen molar-refractivity contribution in [3.05, 3.63) is 22.2 Å². The molecule has 116 valence electrons. The van der Waals surface area contributed by atoms with Crippen molar-refractivity contribution >= 4 is 15.9 Å². The Kier molecular flexibility index (Phi) is 7.00. The lowest BCUT2D eigenvalue weighted by molar-refractivity contribution is 0.292. The van der Waals surface area contributed by atoms with Gasteiger partial charge in [-0.1, -0.05) is 6.92 Å². The van der Waals surface area contributed by atoms with Crippen LogP contribution in [0.1, 0.15) is 32.8 Å². The minimum absolute atomic E-state index is 0.370. The fourth-order valence-electron chi connectivity index (χ4n) is 1.78. The zero-order chi connectivity index (χ0) is 15.9. The van der Waals surface area contributed by atoms with Crippen LogP contribution in [0.25, 0.3) is 0 Å². The van der Waals surface area contributed by atoms with Crippen LogP contribution in [0.15, 0.2) is 16.6 Å². The average Bonchev–Trinajstić information content (AvgIpc) is 2.45. The Labute approximate surface area is 135 Å². The summed E-state index contributed by atoms with van der Waals surface area (Å²) < 4.78 is 12.0. The van der Waals surface area contributed by atoms with Gasteiger partial charge in [-0.05, 0) is 53.9 Å². The van der Waals surface area contributed by atoms with Gasteiger partial charge in [-0.2, -0.15) is 5.26 Å². The number of nitrogens with zero attached hydrogens (tertiary/aromatic N) is 1. The average molecular weight is 355 g/mol. The summed E-state index contributed by atoms with van der Waals surface area (Å²) in [6, 6.07) is 6.25. The van der Waals surface area contributed by atoms with Crippen molar-refractivity contribution in [1.29, 1.82) is 5.26 Å². The summed E-state index contributed by atoms with van der Waals surface area (Å²) >= 11 is 3.53. The molecule has 0 aliphatic carbocycles. The van der Waals surface area contributed by atoms with Gasteiger partial charge in [0.05, 0.1) is 29.7 Å². The van der Waals surface area contributed by atoms with Gasteiger partial charge >= 0.3 is 0 Å². The molecule has 5 heteroatoms. The highest BCUT2D eigenvalue weighted by Crippen LogP contribution is 2.36. The molecule has 1 aromatic rings. The first-order chi connectivity index (χ1) is 9.93. The van der Waals surface area contributed by atoms with E-state index in [0.29, 0.717) is 25.4 Å². The van der Waals surface area contributed by atoms with E-state index in [-0.39, 0.29) is 5.41 Å². The van der Waals surface area contributed by atoms with E-state index >= 15 is 0 Å². The van der Waals surface area contributed by atoms with Crippen LogP contribution in [0.4, 0.5) is 0 Å². The molecule has 0 aromatic heterocycles. The minimum Gasteiger partial charge on any atom is -0.493 e. The van der Waals surface area contributed by atoms with Crippen molar-refractivity contribution < 1.29 is 9.47 Å². The van der Waals surface area contributed by atoms with Crippen LogP contribution in [0.5, 0.6) is 11.5 Å². The number of ether oxygens (including phenoxy) is 2.